The molecule has 2 aromatic rings. The van der Waals surface area contributed by atoms with Crippen LogP contribution in [0.1, 0.15) is 41.8 Å². The van der Waals surface area contributed by atoms with Crippen LogP contribution in [-0.4, -0.2) is 11.8 Å². The molecule has 0 saturated heterocycles. The molecule has 0 bridgehead atoms. The molecule has 0 radical (unpaired) electrons. The van der Waals surface area contributed by atoms with Crippen molar-refractivity contribution in [3.63, 3.8) is 0 Å². The quantitative estimate of drug-likeness (QED) is 0.481. The first-order valence-electron chi connectivity index (χ1n) is 7.98. The highest BCUT2D eigenvalue weighted by molar-refractivity contribution is 6.14. The van der Waals surface area contributed by atoms with Crippen molar-refractivity contribution in [3.05, 3.63) is 64.9 Å². The van der Waals surface area contributed by atoms with Crippen LogP contribution in [0.25, 0.3) is 6.08 Å². The van der Waals surface area contributed by atoms with Gasteiger partial charge >= 0.3 is 5.97 Å². The zero-order valence-corrected chi connectivity index (χ0v) is 13.7. The third-order valence-electron chi connectivity index (χ3n) is 3.85. The Morgan fingerprint density at radius 1 is 1.12 bits per heavy atom. The van der Waals surface area contributed by atoms with Gasteiger partial charge < -0.3 is 9.47 Å². The first-order chi connectivity index (χ1) is 11.6. The first-order valence-corrected chi connectivity index (χ1v) is 7.98. The molecule has 0 fully saturated rings. The largest absolute Gasteiger partial charge is 0.452 e. The lowest BCUT2D eigenvalue weighted by atomic mass is 10.1. The van der Waals surface area contributed by atoms with Gasteiger partial charge in [0.05, 0.1) is 5.56 Å². The first kappa shape index (κ1) is 16.0. The number of Topliss-reactive ketones (excluding diaryl/α,β-unsaturated/α-hetero) is 1. The Morgan fingerprint density at radius 3 is 2.54 bits per heavy atom. The Bertz CT molecular complexity index is 816. The summed E-state index contributed by atoms with van der Waals surface area (Å²) in [5.41, 5.74) is 2.62. The van der Waals surface area contributed by atoms with Crippen LogP contribution in [0.2, 0.25) is 0 Å². The van der Waals surface area contributed by atoms with Crippen molar-refractivity contribution in [2.45, 2.75) is 26.7 Å². The highest BCUT2D eigenvalue weighted by Crippen LogP contribution is 2.35. The maximum Gasteiger partial charge on any atom is 0.310 e. The lowest BCUT2D eigenvalue weighted by molar-refractivity contribution is -0.134. The van der Waals surface area contributed by atoms with E-state index in [4.69, 9.17) is 9.47 Å². The van der Waals surface area contributed by atoms with E-state index in [0.717, 1.165) is 12.0 Å². The van der Waals surface area contributed by atoms with Gasteiger partial charge in [0.2, 0.25) is 5.78 Å². The van der Waals surface area contributed by atoms with E-state index in [1.165, 1.54) is 5.56 Å². The second kappa shape index (κ2) is 6.71. The predicted octanol–water partition coefficient (Wildman–Crippen LogP) is 4.18. The molecule has 24 heavy (non-hydrogen) atoms. The fourth-order valence-corrected chi connectivity index (χ4v) is 2.44. The van der Waals surface area contributed by atoms with Gasteiger partial charge in [0.25, 0.3) is 0 Å². The second-order valence-corrected chi connectivity index (χ2v) is 5.52. The van der Waals surface area contributed by atoms with Crippen molar-refractivity contribution in [2.24, 2.45) is 0 Å². The molecule has 3 rings (SSSR count). The minimum Gasteiger partial charge on any atom is -0.452 e. The number of esters is 1. The lowest BCUT2D eigenvalue weighted by Crippen LogP contribution is -2.05. The maximum atomic E-state index is 12.4. The smallest absolute Gasteiger partial charge is 0.310 e. The molecule has 4 nitrogen and oxygen atoms in total. The van der Waals surface area contributed by atoms with Crippen molar-refractivity contribution in [1.82, 2.24) is 0 Å². The van der Waals surface area contributed by atoms with Crippen LogP contribution < -0.4 is 9.47 Å². The topological polar surface area (TPSA) is 52.6 Å². The molecule has 0 aliphatic carbocycles. The zero-order chi connectivity index (χ0) is 17.1. The summed E-state index contributed by atoms with van der Waals surface area (Å²) in [6.07, 6.45) is 2.98. The average molecular weight is 322 g/mol. The number of allylic oxidation sites excluding steroid dienone is 1. The summed E-state index contributed by atoms with van der Waals surface area (Å²) in [4.78, 5) is 23.8. The van der Waals surface area contributed by atoms with E-state index in [2.05, 4.69) is 6.92 Å². The molecular weight excluding hydrogens is 304 g/mol. The van der Waals surface area contributed by atoms with Gasteiger partial charge in [-0.05, 0) is 35.8 Å². The molecule has 0 aromatic heterocycles. The van der Waals surface area contributed by atoms with E-state index in [9.17, 15) is 9.59 Å². The molecular formula is C20H18O4. The molecule has 1 aliphatic heterocycles. The van der Waals surface area contributed by atoms with Gasteiger partial charge in [-0.2, -0.15) is 0 Å². The monoisotopic (exact) mass is 322 g/mol. The summed E-state index contributed by atoms with van der Waals surface area (Å²) in [6.45, 7) is 3.82. The summed E-state index contributed by atoms with van der Waals surface area (Å²) >= 11 is 0. The van der Waals surface area contributed by atoms with Gasteiger partial charge in [-0.3, -0.25) is 9.59 Å². The Morgan fingerprint density at radius 2 is 1.88 bits per heavy atom. The van der Waals surface area contributed by atoms with Crippen molar-refractivity contribution < 1.29 is 19.1 Å². The van der Waals surface area contributed by atoms with Crippen LogP contribution in [0.4, 0.5) is 0 Å². The Labute approximate surface area is 140 Å². The van der Waals surface area contributed by atoms with Gasteiger partial charge in [-0.1, -0.05) is 38.1 Å². The van der Waals surface area contributed by atoms with Gasteiger partial charge in [0.1, 0.15) is 11.5 Å². The minimum atomic E-state index is -0.328. The fraction of sp³-hybridized carbons (Fsp3) is 0.200. The SMILES string of the molecule is CCC(=O)Oc1ccc2c(c1)OC(=Cc1ccc(CC)cc1)C2=O. The van der Waals surface area contributed by atoms with Crippen molar-refractivity contribution >= 4 is 17.8 Å². The molecule has 0 saturated carbocycles. The van der Waals surface area contributed by atoms with Crippen LogP contribution in [0.15, 0.2) is 48.2 Å². The molecule has 0 spiro atoms. The number of ether oxygens (including phenoxy) is 2. The van der Waals surface area contributed by atoms with Gasteiger partial charge in [0, 0.05) is 12.5 Å². The van der Waals surface area contributed by atoms with E-state index in [-0.39, 0.29) is 23.9 Å². The third kappa shape index (κ3) is 3.23. The lowest BCUT2D eigenvalue weighted by Gasteiger charge is -2.04. The number of aryl methyl sites for hydroxylation is 1. The Kier molecular flexibility index (Phi) is 4.47. The summed E-state index contributed by atoms with van der Waals surface area (Å²) in [5.74, 6) is 0.567. The number of rotatable bonds is 4. The molecule has 0 N–H and O–H groups in total. The van der Waals surface area contributed by atoms with Crippen molar-refractivity contribution in [2.75, 3.05) is 0 Å². The predicted molar refractivity (Wildman–Crippen MR) is 91.1 cm³/mol. The summed E-state index contributed by atoms with van der Waals surface area (Å²) in [6, 6.07) is 12.8. The number of fused-ring (bicyclic) bond motifs is 1. The summed E-state index contributed by atoms with van der Waals surface area (Å²) in [7, 11) is 0. The fourth-order valence-electron chi connectivity index (χ4n) is 2.44. The van der Waals surface area contributed by atoms with Gasteiger partial charge in [-0.15, -0.1) is 0 Å². The highest BCUT2D eigenvalue weighted by Gasteiger charge is 2.27. The standard InChI is InChI=1S/C20H18O4/c1-3-13-5-7-14(8-6-13)11-18-20(22)16-10-9-15(12-17(16)24-18)23-19(21)4-2/h5-12H,3-4H2,1-2H3. The normalized spacial score (nSPS) is 14.4. The Balaban J connectivity index is 1.84. The summed E-state index contributed by atoms with van der Waals surface area (Å²) in [5, 5.41) is 0. The molecule has 0 unspecified atom stereocenters. The van der Waals surface area contributed by atoms with E-state index in [1.807, 2.05) is 24.3 Å². The number of hydrogen-bond donors (Lipinski definition) is 0. The summed E-state index contributed by atoms with van der Waals surface area (Å²) < 4.78 is 10.8. The number of carbonyl (C=O) groups excluding carboxylic acids is 2. The van der Waals surface area contributed by atoms with Crippen LogP contribution >= 0.6 is 0 Å². The molecule has 0 atom stereocenters. The van der Waals surface area contributed by atoms with Gasteiger partial charge in [-0.25, -0.2) is 0 Å². The number of ketones is 1. The number of benzene rings is 2. The zero-order valence-electron chi connectivity index (χ0n) is 13.7. The van der Waals surface area contributed by atoms with E-state index in [0.29, 0.717) is 17.1 Å². The van der Waals surface area contributed by atoms with Crippen molar-refractivity contribution in [1.29, 1.82) is 0 Å². The molecule has 2 aromatic carbocycles. The molecule has 1 heterocycles. The van der Waals surface area contributed by atoms with E-state index in [1.54, 1.807) is 31.2 Å². The minimum absolute atomic E-state index is 0.169. The maximum absolute atomic E-state index is 12.4. The van der Waals surface area contributed by atoms with E-state index >= 15 is 0 Å². The number of carbonyl (C=O) groups is 2. The van der Waals surface area contributed by atoms with Crippen LogP contribution in [0, 0.1) is 0 Å². The number of hydrogen-bond acceptors (Lipinski definition) is 4. The Hall–Kier alpha value is -2.88. The second-order valence-electron chi connectivity index (χ2n) is 5.52. The van der Waals surface area contributed by atoms with E-state index < -0.39 is 0 Å². The molecule has 0 amide bonds. The average Bonchev–Trinajstić information content (AvgIpc) is 2.90. The molecule has 122 valence electrons. The highest BCUT2D eigenvalue weighted by atomic mass is 16.5. The molecule has 4 heteroatoms. The van der Waals surface area contributed by atoms with Crippen LogP contribution in [0.5, 0.6) is 11.5 Å². The van der Waals surface area contributed by atoms with Crippen LogP contribution in [-0.2, 0) is 11.2 Å². The van der Waals surface area contributed by atoms with Gasteiger partial charge in [0.15, 0.2) is 5.76 Å². The molecule has 1 aliphatic rings. The van der Waals surface area contributed by atoms with Crippen molar-refractivity contribution in [3.8, 4) is 11.5 Å². The third-order valence-corrected chi connectivity index (χ3v) is 3.85. The van der Waals surface area contributed by atoms with Crippen LogP contribution in [0.3, 0.4) is 0 Å².